The van der Waals surface area contributed by atoms with Crippen molar-refractivity contribution in [2.45, 2.75) is 18.8 Å². The first-order chi connectivity index (χ1) is 9.10. The summed E-state index contributed by atoms with van der Waals surface area (Å²) in [5, 5.41) is 1.59. The first kappa shape index (κ1) is 14.4. The number of alkyl halides is 1. The average Bonchev–Trinajstić information content (AvgIpc) is 2.41. The molecule has 0 radical (unpaired) electrons. The third-order valence-corrected chi connectivity index (χ3v) is 3.98. The van der Waals surface area contributed by atoms with E-state index in [0.717, 1.165) is 16.9 Å². The normalized spacial score (nSPS) is 10.5. The van der Waals surface area contributed by atoms with Gasteiger partial charge in [0.15, 0.2) is 0 Å². The molecule has 0 fully saturated rings. The Morgan fingerprint density at radius 2 is 1.79 bits per heavy atom. The molecule has 0 amide bonds. The highest BCUT2D eigenvalue weighted by Gasteiger charge is 2.08. The minimum absolute atomic E-state index is 0.780. The van der Waals surface area contributed by atoms with Gasteiger partial charge >= 0.3 is 0 Å². The Morgan fingerprint density at radius 1 is 1.11 bits per heavy atom. The van der Waals surface area contributed by atoms with E-state index in [1.807, 2.05) is 12.1 Å². The van der Waals surface area contributed by atoms with Crippen molar-refractivity contribution < 1.29 is 0 Å². The molecule has 3 heteroatoms. The highest BCUT2D eigenvalue weighted by atomic mass is 79.9. The largest absolute Gasteiger partial charge is 0.370 e. The molecule has 0 aliphatic heterocycles. The molecule has 0 heterocycles. The van der Waals surface area contributed by atoms with E-state index in [4.69, 9.17) is 11.6 Å². The third-order valence-electron chi connectivity index (χ3n) is 3.14. The molecule has 0 atom stereocenters. The fourth-order valence-electron chi connectivity index (χ4n) is 2.09. The maximum Gasteiger partial charge on any atom is 0.0426 e. The summed E-state index contributed by atoms with van der Waals surface area (Å²) in [6, 6.07) is 14.7. The Bertz CT molecular complexity index is 551. The summed E-state index contributed by atoms with van der Waals surface area (Å²) in [5.74, 6) is 0. The topological polar surface area (TPSA) is 3.24 Å². The Kier molecular flexibility index (Phi) is 4.89. The van der Waals surface area contributed by atoms with Gasteiger partial charge in [0, 0.05) is 29.6 Å². The molecule has 0 saturated heterocycles. The van der Waals surface area contributed by atoms with Crippen LogP contribution in [0.1, 0.15) is 16.7 Å². The summed E-state index contributed by atoms with van der Waals surface area (Å²) < 4.78 is 0. The second-order valence-corrected chi connectivity index (χ2v) is 5.75. The molecule has 2 rings (SSSR count). The van der Waals surface area contributed by atoms with Gasteiger partial charge in [-0.05, 0) is 36.2 Å². The zero-order valence-electron chi connectivity index (χ0n) is 11.2. The van der Waals surface area contributed by atoms with Gasteiger partial charge in [-0.15, -0.1) is 0 Å². The summed E-state index contributed by atoms with van der Waals surface area (Å²) >= 11 is 9.56. The van der Waals surface area contributed by atoms with Gasteiger partial charge in [-0.2, -0.15) is 0 Å². The second-order valence-electron chi connectivity index (χ2n) is 4.75. The maximum atomic E-state index is 6.04. The molecule has 0 unspecified atom stereocenters. The molecule has 0 spiro atoms. The van der Waals surface area contributed by atoms with Crippen molar-refractivity contribution in [1.29, 1.82) is 0 Å². The smallest absolute Gasteiger partial charge is 0.0426 e. The molecule has 0 aliphatic carbocycles. The summed E-state index contributed by atoms with van der Waals surface area (Å²) in [6.07, 6.45) is 0. The van der Waals surface area contributed by atoms with Crippen molar-refractivity contribution in [3.05, 3.63) is 64.2 Å². The van der Waals surface area contributed by atoms with E-state index in [-0.39, 0.29) is 0 Å². The number of aryl methyl sites for hydroxylation is 1. The van der Waals surface area contributed by atoms with E-state index in [2.05, 4.69) is 65.1 Å². The minimum atomic E-state index is 0.780. The minimum Gasteiger partial charge on any atom is -0.370 e. The Labute approximate surface area is 128 Å². The lowest BCUT2D eigenvalue weighted by atomic mass is 10.1. The molecule has 0 bridgehead atoms. The summed E-state index contributed by atoms with van der Waals surface area (Å²) in [4.78, 5) is 2.25. The van der Waals surface area contributed by atoms with E-state index in [0.29, 0.717) is 0 Å². The van der Waals surface area contributed by atoms with Crippen LogP contribution in [0.2, 0.25) is 5.02 Å². The maximum absolute atomic E-state index is 6.04. The molecular weight excluding hydrogens is 322 g/mol. The molecular formula is C16H17BrClN. The molecule has 0 N–H and O–H groups in total. The van der Waals surface area contributed by atoms with Crippen molar-refractivity contribution in [1.82, 2.24) is 0 Å². The number of rotatable bonds is 4. The van der Waals surface area contributed by atoms with Crippen molar-refractivity contribution in [3.63, 3.8) is 0 Å². The van der Waals surface area contributed by atoms with E-state index >= 15 is 0 Å². The van der Waals surface area contributed by atoms with E-state index in [1.165, 1.54) is 22.4 Å². The monoisotopic (exact) mass is 337 g/mol. The lowest BCUT2D eigenvalue weighted by Gasteiger charge is -2.22. The van der Waals surface area contributed by atoms with E-state index in [9.17, 15) is 0 Å². The Morgan fingerprint density at radius 3 is 2.42 bits per heavy atom. The van der Waals surface area contributed by atoms with E-state index < -0.39 is 0 Å². The molecule has 1 nitrogen and oxygen atoms in total. The lowest BCUT2D eigenvalue weighted by Crippen LogP contribution is -2.17. The molecule has 0 aliphatic rings. The van der Waals surface area contributed by atoms with Crippen LogP contribution < -0.4 is 4.90 Å². The van der Waals surface area contributed by atoms with Crippen molar-refractivity contribution in [2.75, 3.05) is 11.9 Å². The molecule has 0 saturated carbocycles. The standard InChI is InChI=1S/C16H17BrClN/c1-12-3-5-13(6-4-12)11-19(2)16-8-7-15(18)9-14(16)10-17/h3-9H,10-11H2,1-2H3. The summed E-state index contributed by atoms with van der Waals surface area (Å²) in [7, 11) is 2.11. The molecule has 2 aromatic rings. The van der Waals surface area contributed by atoms with Gasteiger partial charge in [0.1, 0.15) is 0 Å². The fourth-order valence-corrected chi connectivity index (χ4v) is 2.73. The lowest BCUT2D eigenvalue weighted by molar-refractivity contribution is 0.916. The van der Waals surface area contributed by atoms with Gasteiger partial charge in [-0.1, -0.05) is 57.4 Å². The Balaban J connectivity index is 2.19. The molecule has 19 heavy (non-hydrogen) atoms. The van der Waals surface area contributed by atoms with Crippen LogP contribution in [0.15, 0.2) is 42.5 Å². The number of nitrogens with zero attached hydrogens (tertiary/aromatic N) is 1. The molecule has 100 valence electrons. The van der Waals surface area contributed by atoms with Gasteiger partial charge in [0.05, 0.1) is 0 Å². The zero-order chi connectivity index (χ0) is 13.8. The number of hydrogen-bond acceptors (Lipinski definition) is 1. The van der Waals surface area contributed by atoms with Crippen LogP contribution in [0.3, 0.4) is 0 Å². The predicted molar refractivity (Wildman–Crippen MR) is 87.4 cm³/mol. The Hall–Kier alpha value is -0.990. The highest BCUT2D eigenvalue weighted by Crippen LogP contribution is 2.26. The van der Waals surface area contributed by atoms with Crippen LogP contribution in [0, 0.1) is 6.92 Å². The predicted octanol–water partition coefficient (Wildman–Crippen LogP) is 5.18. The van der Waals surface area contributed by atoms with Crippen LogP contribution >= 0.6 is 27.5 Å². The van der Waals surface area contributed by atoms with Gasteiger partial charge in [-0.3, -0.25) is 0 Å². The third kappa shape index (κ3) is 3.74. The first-order valence-electron chi connectivity index (χ1n) is 6.21. The number of benzene rings is 2. The van der Waals surface area contributed by atoms with E-state index in [1.54, 1.807) is 0 Å². The molecule has 0 aromatic heterocycles. The van der Waals surface area contributed by atoms with Gasteiger partial charge in [-0.25, -0.2) is 0 Å². The number of hydrogen-bond donors (Lipinski definition) is 0. The van der Waals surface area contributed by atoms with Crippen LogP contribution in [-0.4, -0.2) is 7.05 Å². The summed E-state index contributed by atoms with van der Waals surface area (Å²) in [6.45, 7) is 3.00. The van der Waals surface area contributed by atoms with Crippen molar-refractivity contribution in [2.24, 2.45) is 0 Å². The second kappa shape index (κ2) is 6.44. The van der Waals surface area contributed by atoms with Crippen LogP contribution in [0.5, 0.6) is 0 Å². The van der Waals surface area contributed by atoms with Crippen LogP contribution in [0.25, 0.3) is 0 Å². The quantitative estimate of drug-likeness (QED) is 0.694. The van der Waals surface area contributed by atoms with Crippen molar-refractivity contribution >= 4 is 33.2 Å². The highest BCUT2D eigenvalue weighted by molar-refractivity contribution is 9.08. The summed E-state index contributed by atoms with van der Waals surface area (Å²) in [5.41, 5.74) is 5.02. The molecule has 2 aromatic carbocycles. The first-order valence-corrected chi connectivity index (χ1v) is 7.71. The van der Waals surface area contributed by atoms with Crippen LogP contribution in [-0.2, 0) is 11.9 Å². The number of halogens is 2. The average molecular weight is 339 g/mol. The van der Waals surface area contributed by atoms with Crippen molar-refractivity contribution in [3.8, 4) is 0 Å². The fraction of sp³-hybridized carbons (Fsp3) is 0.250. The van der Waals surface area contributed by atoms with Gasteiger partial charge < -0.3 is 4.90 Å². The SMILES string of the molecule is Cc1ccc(CN(C)c2ccc(Cl)cc2CBr)cc1. The number of anilines is 1. The van der Waals surface area contributed by atoms with Gasteiger partial charge in [0.2, 0.25) is 0 Å². The zero-order valence-corrected chi connectivity index (χ0v) is 13.5. The van der Waals surface area contributed by atoms with Crippen LogP contribution in [0.4, 0.5) is 5.69 Å². The van der Waals surface area contributed by atoms with Gasteiger partial charge in [0.25, 0.3) is 0 Å².